The first-order valence-electron chi connectivity index (χ1n) is 7.03. The van der Waals surface area contributed by atoms with E-state index in [1.807, 2.05) is 0 Å². The zero-order chi connectivity index (χ0) is 15.5. The third-order valence-electron chi connectivity index (χ3n) is 3.45. The Hall–Kier alpha value is -2.15. The summed E-state index contributed by atoms with van der Waals surface area (Å²) >= 11 is 1.45. The van der Waals surface area contributed by atoms with Crippen molar-refractivity contribution in [1.29, 1.82) is 0 Å². The average molecular weight is 319 g/mol. The van der Waals surface area contributed by atoms with Crippen molar-refractivity contribution in [3.05, 3.63) is 28.8 Å². The summed E-state index contributed by atoms with van der Waals surface area (Å²) in [6.07, 6.45) is 2.53. The molecule has 1 aromatic heterocycles. The number of hydrogen-bond donors (Lipinski definition) is 1. The largest absolute Gasteiger partial charge is 0.497 e. The smallest absolute Gasteiger partial charge is 0.230 e. The minimum Gasteiger partial charge on any atom is -0.497 e. The second-order valence-electron chi connectivity index (χ2n) is 5.12. The molecule has 1 saturated carbocycles. The summed E-state index contributed by atoms with van der Waals surface area (Å²) in [7, 11) is 3.17. The summed E-state index contributed by atoms with van der Waals surface area (Å²) in [5.41, 5.74) is 0.770. The Labute approximate surface area is 132 Å². The zero-order valence-corrected chi connectivity index (χ0v) is 13.3. The van der Waals surface area contributed by atoms with Gasteiger partial charge in [0.05, 0.1) is 20.6 Å². The molecule has 1 aliphatic rings. The highest BCUT2D eigenvalue weighted by molar-refractivity contribution is 7.15. The van der Waals surface area contributed by atoms with E-state index in [1.54, 1.807) is 32.4 Å². The molecule has 0 spiro atoms. The highest BCUT2D eigenvalue weighted by Crippen LogP contribution is 2.42. The van der Waals surface area contributed by atoms with Crippen LogP contribution in [0.2, 0.25) is 0 Å². The fourth-order valence-corrected chi connectivity index (χ4v) is 3.07. The first kappa shape index (κ1) is 14.8. The molecule has 0 atom stereocenters. The Bertz CT molecular complexity index is 682. The SMILES string of the molecule is COc1ccc(OC)c(CC(=O)Nc2nnc(C3CC3)s2)c1. The standard InChI is InChI=1S/C15H17N3O3S/c1-20-11-5-6-12(21-2)10(7-11)8-13(19)16-15-18-17-14(22-15)9-3-4-9/h5-7,9H,3-4,8H2,1-2H3,(H,16,18,19). The van der Waals surface area contributed by atoms with Gasteiger partial charge in [-0.2, -0.15) is 0 Å². The topological polar surface area (TPSA) is 73.3 Å². The van der Waals surface area contributed by atoms with Gasteiger partial charge in [-0.1, -0.05) is 11.3 Å². The third kappa shape index (κ3) is 3.36. The van der Waals surface area contributed by atoms with Gasteiger partial charge in [0.2, 0.25) is 11.0 Å². The van der Waals surface area contributed by atoms with E-state index in [4.69, 9.17) is 9.47 Å². The van der Waals surface area contributed by atoms with Crippen molar-refractivity contribution in [1.82, 2.24) is 10.2 Å². The van der Waals surface area contributed by atoms with Crippen LogP contribution in [-0.4, -0.2) is 30.3 Å². The van der Waals surface area contributed by atoms with Crippen LogP contribution in [0, 0.1) is 0 Å². The third-order valence-corrected chi connectivity index (χ3v) is 4.45. The fourth-order valence-electron chi connectivity index (χ4n) is 2.14. The van der Waals surface area contributed by atoms with Crippen LogP contribution in [0.3, 0.4) is 0 Å². The Morgan fingerprint density at radius 1 is 1.32 bits per heavy atom. The molecule has 1 amide bonds. The van der Waals surface area contributed by atoms with Gasteiger partial charge in [-0.3, -0.25) is 4.79 Å². The molecule has 0 unspecified atom stereocenters. The predicted molar refractivity (Wildman–Crippen MR) is 83.8 cm³/mol. The highest BCUT2D eigenvalue weighted by Gasteiger charge is 2.27. The fraction of sp³-hybridized carbons (Fsp3) is 0.400. The number of anilines is 1. The summed E-state index contributed by atoms with van der Waals surface area (Å²) in [6.45, 7) is 0. The number of ether oxygens (including phenoxy) is 2. The molecule has 1 heterocycles. The van der Waals surface area contributed by atoms with Gasteiger partial charge < -0.3 is 14.8 Å². The monoisotopic (exact) mass is 319 g/mol. The minimum atomic E-state index is -0.148. The number of carbonyl (C=O) groups is 1. The summed E-state index contributed by atoms with van der Waals surface area (Å²) in [4.78, 5) is 12.2. The molecule has 6 nitrogen and oxygen atoms in total. The maximum Gasteiger partial charge on any atom is 0.230 e. The van der Waals surface area contributed by atoms with Crippen LogP contribution < -0.4 is 14.8 Å². The molecule has 2 aromatic rings. The lowest BCUT2D eigenvalue weighted by Crippen LogP contribution is -2.14. The molecule has 0 aliphatic heterocycles. The zero-order valence-electron chi connectivity index (χ0n) is 12.5. The van der Waals surface area contributed by atoms with Crippen molar-refractivity contribution in [2.75, 3.05) is 19.5 Å². The Morgan fingerprint density at radius 2 is 2.14 bits per heavy atom. The molecule has 7 heteroatoms. The lowest BCUT2D eigenvalue weighted by Gasteiger charge is -2.09. The van der Waals surface area contributed by atoms with Crippen LogP contribution >= 0.6 is 11.3 Å². The number of hydrogen-bond acceptors (Lipinski definition) is 6. The quantitative estimate of drug-likeness (QED) is 0.886. The maximum absolute atomic E-state index is 12.2. The second kappa shape index (κ2) is 6.31. The molecule has 1 aliphatic carbocycles. The maximum atomic E-state index is 12.2. The molecule has 1 aromatic carbocycles. The van der Waals surface area contributed by atoms with E-state index in [1.165, 1.54) is 24.2 Å². The van der Waals surface area contributed by atoms with Crippen LogP contribution in [0.5, 0.6) is 11.5 Å². The van der Waals surface area contributed by atoms with Gasteiger partial charge in [0.25, 0.3) is 0 Å². The number of nitrogens with one attached hydrogen (secondary N) is 1. The van der Waals surface area contributed by atoms with E-state index in [2.05, 4.69) is 15.5 Å². The van der Waals surface area contributed by atoms with Gasteiger partial charge in [0.15, 0.2) is 0 Å². The molecule has 0 bridgehead atoms. The van der Waals surface area contributed by atoms with Crippen LogP contribution in [-0.2, 0) is 11.2 Å². The summed E-state index contributed by atoms with van der Waals surface area (Å²) in [5.74, 6) is 1.74. The molecule has 116 valence electrons. The first-order valence-corrected chi connectivity index (χ1v) is 7.85. The van der Waals surface area contributed by atoms with Crippen molar-refractivity contribution in [2.45, 2.75) is 25.2 Å². The predicted octanol–water partition coefficient (Wildman–Crippen LogP) is 2.61. The molecule has 1 N–H and O–H groups in total. The van der Waals surface area contributed by atoms with E-state index in [0.717, 1.165) is 10.6 Å². The van der Waals surface area contributed by atoms with E-state index in [9.17, 15) is 4.79 Å². The molecule has 3 rings (SSSR count). The van der Waals surface area contributed by atoms with Crippen molar-refractivity contribution >= 4 is 22.4 Å². The van der Waals surface area contributed by atoms with Gasteiger partial charge in [-0.15, -0.1) is 10.2 Å². The van der Waals surface area contributed by atoms with E-state index in [-0.39, 0.29) is 12.3 Å². The number of carbonyl (C=O) groups excluding carboxylic acids is 1. The van der Waals surface area contributed by atoms with E-state index in [0.29, 0.717) is 22.5 Å². The van der Waals surface area contributed by atoms with Gasteiger partial charge in [0, 0.05) is 11.5 Å². The molecule has 22 heavy (non-hydrogen) atoms. The highest BCUT2D eigenvalue weighted by atomic mass is 32.1. The Balaban J connectivity index is 1.67. The van der Waals surface area contributed by atoms with E-state index < -0.39 is 0 Å². The van der Waals surface area contributed by atoms with Crippen LogP contribution in [0.1, 0.15) is 29.3 Å². The summed E-state index contributed by atoms with van der Waals surface area (Å²) < 4.78 is 10.5. The Kier molecular flexibility index (Phi) is 4.24. The number of methoxy groups -OCH3 is 2. The van der Waals surface area contributed by atoms with Crippen molar-refractivity contribution in [3.8, 4) is 11.5 Å². The number of benzene rings is 1. The van der Waals surface area contributed by atoms with E-state index >= 15 is 0 Å². The molecule has 0 radical (unpaired) electrons. The molecule has 1 fully saturated rings. The molecular formula is C15H17N3O3S. The normalized spacial score (nSPS) is 13.7. The molecule has 0 saturated heterocycles. The van der Waals surface area contributed by atoms with Gasteiger partial charge in [-0.05, 0) is 31.0 Å². The Morgan fingerprint density at radius 3 is 2.82 bits per heavy atom. The van der Waals surface area contributed by atoms with Crippen molar-refractivity contribution in [2.24, 2.45) is 0 Å². The second-order valence-corrected chi connectivity index (χ2v) is 6.13. The molecular weight excluding hydrogens is 302 g/mol. The van der Waals surface area contributed by atoms with Crippen LogP contribution in [0.25, 0.3) is 0 Å². The van der Waals surface area contributed by atoms with Gasteiger partial charge >= 0.3 is 0 Å². The number of amides is 1. The first-order chi connectivity index (χ1) is 10.7. The lowest BCUT2D eigenvalue weighted by atomic mass is 10.1. The lowest BCUT2D eigenvalue weighted by molar-refractivity contribution is -0.115. The summed E-state index contributed by atoms with van der Waals surface area (Å²) in [5, 5.41) is 12.5. The van der Waals surface area contributed by atoms with Crippen LogP contribution in [0.4, 0.5) is 5.13 Å². The van der Waals surface area contributed by atoms with Gasteiger partial charge in [-0.25, -0.2) is 0 Å². The number of rotatable bonds is 6. The average Bonchev–Trinajstić information content (AvgIpc) is 3.27. The van der Waals surface area contributed by atoms with Crippen molar-refractivity contribution in [3.63, 3.8) is 0 Å². The number of nitrogens with zero attached hydrogens (tertiary/aromatic N) is 2. The number of aromatic nitrogens is 2. The minimum absolute atomic E-state index is 0.148. The van der Waals surface area contributed by atoms with Crippen molar-refractivity contribution < 1.29 is 14.3 Å². The summed E-state index contributed by atoms with van der Waals surface area (Å²) in [6, 6.07) is 5.39. The van der Waals surface area contributed by atoms with Gasteiger partial charge in [0.1, 0.15) is 16.5 Å². The van der Waals surface area contributed by atoms with Crippen LogP contribution in [0.15, 0.2) is 18.2 Å².